The van der Waals surface area contributed by atoms with Crippen LogP contribution < -0.4 is 10.5 Å². The van der Waals surface area contributed by atoms with E-state index in [2.05, 4.69) is 20.9 Å². The molecule has 13 heavy (non-hydrogen) atoms. The smallest absolute Gasteiger partial charge is 0.162 e. The molecule has 0 aromatic carbocycles. The van der Waals surface area contributed by atoms with E-state index < -0.39 is 0 Å². The van der Waals surface area contributed by atoms with Crippen molar-refractivity contribution >= 4 is 21.6 Å². The quantitative estimate of drug-likeness (QED) is 0.867. The van der Waals surface area contributed by atoms with Crippen LogP contribution in [0.25, 0.3) is 0 Å². The minimum absolute atomic E-state index is 0.346. The summed E-state index contributed by atoms with van der Waals surface area (Å²) in [6.07, 6.45) is 7.20. The molecule has 0 bridgehead atoms. The second kappa shape index (κ2) is 3.54. The van der Waals surface area contributed by atoms with Gasteiger partial charge in [0, 0.05) is 6.20 Å². The highest BCUT2D eigenvalue weighted by Crippen LogP contribution is 2.32. The average molecular weight is 243 g/mol. The van der Waals surface area contributed by atoms with E-state index in [0.717, 1.165) is 17.3 Å². The molecule has 2 N–H and O–H groups in total. The van der Waals surface area contributed by atoms with Crippen molar-refractivity contribution in [3.8, 4) is 5.75 Å². The molecule has 4 heteroatoms. The zero-order chi connectivity index (χ0) is 9.26. The number of pyridine rings is 1. The van der Waals surface area contributed by atoms with Crippen LogP contribution in [-0.4, -0.2) is 11.1 Å². The lowest BCUT2D eigenvalue weighted by Gasteiger charge is -2.26. The first-order valence-corrected chi connectivity index (χ1v) is 5.12. The van der Waals surface area contributed by atoms with E-state index in [1.165, 1.54) is 6.42 Å². The van der Waals surface area contributed by atoms with Crippen molar-refractivity contribution in [2.45, 2.75) is 25.4 Å². The number of nitrogens with two attached hydrogens (primary N) is 1. The first-order valence-electron chi connectivity index (χ1n) is 4.33. The summed E-state index contributed by atoms with van der Waals surface area (Å²) in [5.74, 6) is 0.694. The second-order valence-electron chi connectivity index (χ2n) is 3.20. The number of anilines is 1. The number of nitrogens with zero attached hydrogens (tertiary/aromatic N) is 1. The van der Waals surface area contributed by atoms with E-state index in [1.54, 1.807) is 12.4 Å². The summed E-state index contributed by atoms with van der Waals surface area (Å²) in [6.45, 7) is 0. The summed E-state index contributed by atoms with van der Waals surface area (Å²) < 4.78 is 6.44. The van der Waals surface area contributed by atoms with Gasteiger partial charge < -0.3 is 10.5 Å². The van der Waals surface area contributed by atoms with Gasteiger partial charge in [-0.15, -0.1) is 0 Å². The van der Waals surface area contributed by atoms with Crippen LogP contribution in [0.3, 0.4) is 0 Å². The average Bonchev–Trinajstić information content (AvgIpc) is 2.04. The molecule has 1 saturated carbocycles. The Hall–Kier alpha value is -0.770. The fraction of sp³-hybridized carbons (Fsp3) is 0.444. The van der Waals surface area contributed by atoms with Gasteiger partial charge in [0.15, 0.2) is 5.75 Å². The molecule has 1 aliphatic carbocycles. The van der Waals surface area contributed by atoms with E-state index in [-0.39, 0.29) is 0 Å². The maximum absolute atomic E-state index is 5.80. The number of hydrogen-bond donors (Lipinski definition) is 1. The lowest BCUT2D eigenvalue weighted by Crippen LogP contribution is -2.25. The normalized spacial score (nSPS) is 16.7. The number of aromatic nitrogens is 1. The first-order chi connectivity index (χ1) is 6.27. The Morgan fingerprint density at radius 3 is 2.85 bits per heavy atom. The molecular weight excluding hydrogens is 232 g/mol. The maximum atomic E-state index is 5.80. The molecule has 0 amide bonds. The molecule has 2 rings (SSSR count). The molecule has 1 fully saturated rings. The van der Waals surface area contributed by atoms with Gasteiger partial charge in [0.1, 0.15) is 0 Å². The molecule has 70 valence electrons. The molecule has 3 nitrogen and oxygen atoms in total. The predicted molar refractivity (Wildman–Crippen MR) is 54.6 cm³/mol. The third-order valence-corrected chi connectivity index (χ3v) is 2.88. The molecule has 0 saturated heterocycles. The van der Waals surface area contributed by atoms with Crippen LogP contribution in [0.15, 0.2) is 16.9 Å². The molecule has 0 unspecified atom stereocenters. The highest BCUT2D eigenvalue weighted by molar-refractivity contribution is 9.10. The van der Waals surface area contributed by atoms with Crippen molar-refractivity contribution in [3.05, 3.63) is 16.9 Å². The van der Waals surface area contributed by atoms with E-state index in [0.29, 0.717) is 17.5 Å². The Balaban J connectivity index is 2.14. The SMILES string of the molecule is Nc1c(Br)cncc1OC1CCC1. The van der Waals surface area contributed by atoms with Crippen LogP contribution in [0.2, 0.25) is 0 Å². The lowest BCUT2D eigenvalue weighted by molar-refractivity contribution is 0.120. The second-order valence-corrected chi connectivity index (χ2v) is 4.06. The van der Waals surface area contributed by atoms with Gasteiger partial charge in [0.25, 0.3) is 0 Å². The third kappa shape index (κ3) is 1.77. The highest BCUT2D eigenvalue weighted by Gasteiger charge is 2.20. The van der Waals surface area contributed by atoms with Gasteiger partial charge in [-0.3, -0.25) is 4.98 Å². The summed E-state index contributed by atoms with van der Waals surface area (Å²) in [4.78, 5) is 4.00. The molecule has 1 aliphatic rings. The van der Waals surface area contributed by atoms with E-state index in [9.17, 15) is 0 Å². The third-order valence-electron chi connectivity index (χ3n) is 2.25. The number of nitrogen functional groups attached to an aromatic ring is 1. The number of halogens is 1. The van der Waals surface area contributed by atoms with Crippen molar-refractivity contribution in [2.24, 2.45) is 0 Å². The predicted octanol–water partition coefficient (Wildman–Crippen LogP) is 2.36. The lowest BCUT2D eigenvalue weighted by atomic mass is 9.96. The standard InChI is InChI=1S/C9H11BrN2O/c10-7-4-12-5-8(9(7)11)13-6-2-1-3-6/h4-6H,1-3H2,(H2,11,12). The molecule has 0 radical (unpaired) electrons. The Kier molecular flexibility index (Phi) is 2.40. The van der Waals surface area contributed by atoms with Crippen molar-refractivity contribution in [1.82, 2.24) is 4.98 Å². The van der Waals surface area contributed by atoms with E-state index in [1.807, 2.05) is 0 Å². The zero-order valence-electron chi connectivity index (χ0n) is 7.16. The van der Waals surface area contributed by atoms with Gasteiger partial charge in [0.2, 0.25) is 0 Å². The zero-order valence-corrected chi connectivity index (χ0v) is 8.75. The summed E-state index contributed by atoms with van der Waals surface area (Å²) >= 11 is 3.31. The van der Waals surface area contributed by atoms with Crippen LogP contribution in [-0.2, 0) is 0 Å². The van der Waals surface area contributed by atoms with Gasteiger partial charge in [-0.05, 0) is 35.2 Å². The Bertz CT molecular complexity index is 312. The summed E-state index contributed by atoms with van der Waals surface area (Å²) in [5.41, 5.74) is 6.44. The van der Waals surface area contributed by atoms with Crippen molar-refractivity contribution in [1.29, 1.82) is 0 Å². The van der Waals surface area contributed by atoms with Crippen LogP contribution in [0.4, 0.5) is 5.69 Å². The van der Waals surface area contributed by atoms with Gasteiger partial charge in [0.05, 0.1) is 22.5 Å². The van der Waals surface area contributed by atoms with Crippen molar-refractivity contribution in [3.63, 3.8) is 0 Å². The highest BCUT2D eigenvalue weighted by atomic mass is 79.9. The maximum Gasteiger partial charge on any atom is 0.162 e. The molecular formula is C9H11BrN2O. The molecule has 0 aliphatic heterocycles. The minimum Gasteiger partial charge on any atom is -0.487 e. The summed E-state index contributed by atoms with van der Waals surface area (Å²) in [7, 11) is 0. The minimum atomic E-state index is 0.346. The topological polar surface area (TPSA) is 48.1 Å². The molecule has 1 aromatic rings. The van der Waals surface area contributed by atoms with E-state index in [4.69, 9.17) is 10.5 Å². The van der Waals surface area contributed by atoms with E-state index >= 15 is 0 Å². The van der Waals surface area contributed by atoms with Crippen molar-refractivity contribution in [2.75, 3.05) is 5.73 Å². The van der Waals surface area contributed by atoms with Crippen LogP contribution in [0, 0.1) is 0 Å². The van der Waals surface area contributed by atoms with Crippen LogP contribution >= 0.6 is 15.9 Å². The van der Waals surface area contributed by atoms with Crippen LogP contribution in [0.1, 0.15) is 19.3 Å². The molecule has 0 spiro atoms. The Morgan fingerprint density at radius 2 is 2.23 bits per heavy atom. The molecule has 0 atom stereocenters. The van der Waals surface area contributed by atoms with Gasteiger partial charge >= 0.3 is 0 Å². The van der Waals surface area contributed by atoms with Crippen LogP contribution in [0.5, 0.6) is 5.75 Å². The first kappa shape index (κ1) is 8.81. The monoisotopic (exact) mass is 242 g/mol. The number of hydrogen-bond acceptors (Lipinski definition) is 3. The van der Waals surface area contributed by atoms with Gasteiger partial charge in [-0.1, -0.05) is 0 Å². The summed E-state index contributed by atoms with van der Waals surface area (Å²) in [5, 5.41) is 0. The molecule has 1 heterocycles. The number of ether oxygens (including phenoxy) is 1. The Labute approximate surface area is 85.4 Å². The van der Waals surface area contributed by atoms with Gasteiger partial charge in [-0.25, -0.2) is 0 Å². The summed E-state index contributed by atoms with van der Waals surface area (Å²) in [6, 6.07) is 0. The fourth-order valence-corrected chi connectivity index (χ4v) is 1.50. The Morgan fingerprint density at radius 1 is 1.46 bits per heavy atom. The van der Waals surface area contributed by atoms with Crippen molar-refractivity contribution < 1.29 is 4.74 Å². The van der Waals surface area contributed by atoms with Gasteiger partial charge in [-0.2, -0.15) is 0 Å². The number of rotatable bonds is 2. The largest absolute Gasteiger partial charge is 0.487 e. The fourth-order valence-electron chi connectivity index (χ4n) is 1.19. The molecule has 1 aromatic heterocycles.